The van der Waals surface area contributed by atoms with E-state index in [4.69, 9.17) is 4.74 Å². The first-order valence-electron chi connectivity index (χ1n) is 7.76. The van der Waals surface area contributed by atoms with Gasteiger partial charge in [-0.05, 0) is 36.4 Å². The average Bonchev–Trinajstić information content (AvgIpc) is 2.63. The van der Waals surface area contributed by atoms with Crippen LogP contribution < -0.4 is 15.4 Å². The zero-order valence-electron chi connectivity index (χ0n) is 13.7. The standard InChI is InChI=1S/C18H17F3N2O3/c19-18(20,21)14-8-6-13(7-9-14)17(25)23-11-10-22-16(24)12-26-15-4-2-1-3-5-15/h1-9H,10-12H2,(H,22,24)(H,23,25). The number of nitrogens with one attached hydrogen (secondary N) is 2. The summed E-state index contributed by atoms with van der Waals surface area (Å²) in [7, 11) is 0. The Bertz CT molecular complexity index is 732. The topological polar surface area (TPSA) is 67.4 Å². The molecule has 138 valence electrons. The van der Waals surface area contributed by atoms with Crippen molar-refractivity contribution in [2.75, 3.05) is 19.7 Å². The molecule has 2 aromatic rings. The van der Waals surface area contributed by atoms with Gasteiger partial charge in [-0.15, -0.1) is 0 Å². The lowest BCUT2D eigenvalue weighted by Crippen LogP contribution is -2.36. The van der Waals surface area contributed by atoms with Crippen LogP contribution in [-0.2, 0) is 11.0 Å². The van der Waals surface area contributed by atoms with Crippen LogP contribution in [0.4, 0.5) is 13.2 Å². The minimum atomic E-state index is -4.44. The molecule has 2 aromatic carbocycles. The van der Waals surface area contributed by atoms with Crippen molar-refractivity contribution in [1.29, 1.82) is 0 Å². The molecular formula is C18H17F3N2O3. The fourth-order valence-electron chi connectivity index (χ4n) is 2.01. The fraction of sp³-hybridized carbons (Fsp3) is 0.222. The third-order valence-corrected chi connectivity index (χ3v) is 3.32. The van der Waals surface area contributed by atoms with Crippen LogP contribution in [0.15, 0.2) is 54.6 Å². The van der Waals surface area contributed by atoms with Crippen molar-refractivity contribution < 1.29 is 27.5 Å². The van der Waals surface area contributed by atoms with Crippen molar-refractivity contribution in [2.24, 2.45) is 0 Å². The molecule has 0 fully saturated rings. The first-order valence-corrected chi connectivity index (χ1v) is 7.76. The number of para-hydroxylation sites is 1. The summed E-state index contributed by atoms with van der Waals surface area (Å²) in [6.45, 7) is 0.150. The Hall–Kier alpha value is -3.03. The maximum atomic E-state index is 12.5. The van der Waals surface area contributed by atoms with Gasteiger partial charge in [0, 0.05) is 18.7 Å². The molecule has 0 aromatic heterocycles. The van der Waals surface area contributed by atoms with Crippen LogP contribution in [-0.4, -0.2) is 31.5 Å². The van der Waals surface area contributed by atoms with E-state index in [9.17, 15) is 22.8 Å². The molecule has 0 saturated carbocycles. The number of carbonyl (C=O) groups excluding carboxylic acids is 2. The van der Waals surface area contributed by atoms with Crippen molar-refractivity contribution in [1.82, 2.24) is 10.6 Å². The van der Waals surface area contributed by atoms with Gasteiger partial charge in [-0.3, -0.25) is 9.59 Å². The number of hydrogen-bond donors (Lipinski definition) is 2. The van der Waals surface area contributed by atoms with Crippen LogP contribution in [0.2, 0.25) is 0 Å². The molecule has 0 unspecified atom stereocenters. The largest absolute Gasteiger partial charge is 0.484 e. The molecule has 0 spiro atoms. The van der Waals surface area contributed by atoms with Crippen LogP contribution in [0.5, 0.6) is 5.75 Å². The van der Waals surface area contributed by atoms with Crippen LogP contribution in [0.3, 0.4) is 0 Å². The number of benzene rings is 2. The van der Waals surface area contributed by atoms with Crippen molar-refractivity contribution >= 4 is 11.8 Å². The second-order valence-corrected chi connectivity index (χ2v) is 5.28. The predicted molar refractivity (Wildman–Crippen MR) is 88.7 cm³/mol. The lowest BCUT2D eigenvalue weighted by atomic mass is 10.1. The summed E-state index contributed by atoms with van der Waals surface area (Å²) in [5, 5.41) is 5.07. The van der Waals surface area contributed by atoms with Gasteiger partial charge in [-0.25, -0.2) is 0 Å². The van der Waals surface area contributed by atoms with Gasteiger partial charge >= 0.3 is 6.18 Å². The Labute approximate surface area is 148 Å². The molecule has 2 rings (SSSR count). The molecule has 0 aliphatic carbocycles. The van der Waals surface area contributed by atoms with Crippen LogP contribution in [0, 0.1) is 0 Å². The van der Waals surface area contributed by atoms with E-state index in [1.54, 1.807) is 24.3 Å². The van der Waals surface area contributed by atoms with Gasteiger partial charge in [0.2, 0.25) is 0 Å². The molecule has 2 amide bonds. The van der Waals surface area contributed by atoms with E-state index in [-0.39, 0.29) is 31.2 Å². The highest BCUT2D eigenvalue weighted by Crippen LogP contribution is 2.29. The summed E-state index contributed by atoms with van der Waals surface area (Å²) < 4.78 is 42.7. The van der Waals surface area contributed by atoms with Crippen molar-refractivity contribution in [3.63, 3.8) is 0 Å². The van der Waals surface area contributed by atoms with Crippen LogP contribution in [0.1, 0.15) is 15.9 Å². The number of ether oxygens (including phenoxy) is 1. The molecule has 0 bridgehead atoms. The first kappa shape index (κ1) is 19.3. The molecule has 0 radical (unpaired) electrons. The summed E-state index contributed by atoms with van der Waals surface area (Å²) in [5.74, 6) is -0.301. The summed E-state index contributed by atoms with van der Waals surface area (Å²) in [6, 6.07) is 12.7. The molecule has 0 aliphatic heterocycles. The molecule has 2 N–H and O–H groups in total. The monoisotopic (exact) mass is 366 g/mol. The second-order valence-electron chi connectivity index (χ2n) is 5.28. The Kier molecular flexibility index (Phi) is 6.60. The normalized spacial score (nSPS) is 10.9. The lowest BCUT2D eigenvalue weighted by molar-refractivity contribution is -0.137. The number of rotatable bonds is 7. The van der Waals surface area contributed by atoms with E-state index >= 15 is 0 Å². The number of carbonyl (C=O) groups is 2. The number of hydrogen-bond acceptors (Lipinski definition) is 3. The highest BCUT2D eigenvalue weighted by molar-refractivity contribution is 5.94. The van der Waals surface area contributed by atoms with Gasteiger partial charge in [-0.1, -0.05) is 18.2 Å². The number of alkyl halides is 3. The molecule has 8 heteroatoms. The smallest absolute Gasteiger partial charge is 0.416 e. The summed E-state index contributed by atoms with van der Waals surface area (Å²) in [5.41, 5.74) is -0.712. The van der Waals surface area contributed by atoms with Gasteiger partial charge in [0.25, 0.3) is 11.8 Å². The van der Waals surface area contributed by atoms with E-state index in [0.29, 0.717) is 5.75 Å². The van der Waals surface area contributed by atoms with E-state index < -0.39 is 17.6 Å². The second kappa shape index (κ2) is 8.89. The minimum Gasteiger partial charge on any atom is -0.484 e. The zero-order valence-corrected chi connectivity index (χ0v) is 13.7. The zero-order chi connectivity index (χ0) is 19.0. The number of amides is 2. The lowest BCUT2D eigenvalue weighted by Gasteiger charge is -2.09. The summed E-state index contributed by atoms with van der Waals surface area (Å²) >= 11 is 0. The summed E-state index contributed by atoms with van der Waals surface area (Å²) in [4.78, 5) is 23.4. The van der Waals surface area contributed by atoms with Crippen LogP contribution >= 0.6 is 0 Å². The highest BCUT2D eigenvalue weighted by Gasteiger charge is 2.30. The third kappa shape index (κ3) is 6.12. The van der Waals surface area contributed by atoms with E-state index in [1.165, 1.54) is 0 Å². The maximum absolute atomic E-state index is 12.5. The van der Waals surface area contributed by atoms with Crippen LogP contribution in [0.25, 0.3) is 0 Å². The minimum absolute atomic E-state index is 0.108. The summed E-state index contributed by atoms with van der Waals surface area (Å²) in [6.07, 6.45) is -4.44. The molecule has 5 nitrogen and oxygen atoms in total. The molecular weight excluding hydrogens is 349 g/mol. The number of halogens is 3. The molecule has 0 aliphatic rings. The third-order valence-electron chi connectivity index (χ3n) is 3.32. The highest BCUT2D eigenvalue weighted by atomic mass is 19.4. The van der Waals surface area contributed by atoms with Crippen molar-refractivity contribution in [3.05, 3.63) is 65.7 Å². The van der Waals surface area contributed by atoms with Gasteiger partial charge in [0.1, 0.15) is 5.75 Å². The maximum Gasteiger partial charge on any atom is 0.416 e. The Morgan fingerprint density at radius 1 is 0.885 bits per heavy atom. The predicted octanol–water partition coefficient (Wildman–Crippen LogP) is 2.63. The van der Waals surface area contributed by atoms with E-state index in [2.05, 4.69) is 10.6 Å². The van der Waals surface area contributed by atoms with Gasteiger partial charge in [-0.2, -0.15) is 13.2 Å². The van der Waals surface area contributed by atoms with Crippen molar-refractivity contribution in [3.8, 4) is 5.75 Å². The van der Waals surface area contributed by atoms with Gasteiger partial charge in [0.05, 0.1) is 5.56 Å². The SMILES string of the molecule is O=C(COc1ccccc1)NCCNC(=O)c1ccc(C(F)(F)F)cc1. The molecule has 26 heavy (non-hydrogen) atoms. The quantitative estimate of drug-likeness (QED) is 0.741. The molecule has 0 atom stereocenters. The van der Waals surface area contributed by atoms with E-state index in [0.717, 1.165) is 24.3 Å². The Morgan fingerprint density at radius 3 is 2.12 bits per heavy atom. The average molecular weight is 366 g/mol. The molecule has 0 saturated heterocycles. The Balaban J connectivity index is 1.67. The molecule has 0 heterocycles. The first-order chi connectivity index (χ1) is 12.4. The van der Waals surface area contributed by atoms with E-state index in [1.807, 2.05) is 6.07 Å². The van der Waals surface area contributed by atoms with Gasteiger partial charge < -0.3 is 15.4 Å². The Morgan fingerprint density at radius 2 is 1.50 bits per heavy atom. The van der Waals surface area contributed by atoms with Crippen molar-refractivity contribution in [2.45, 2.75) is 6.18 Å². The van der Waals surface area contributed by atoms with Gasteiger partial charge in [0.15, 0.2) is 6.61 Å². The fourth-order valence-corrected chi connectivity index (χ4v) is 2.01.